The molecule has 10 heteroatoms. The molecule has 0 aliphatic heterocycles. The highest BCUT2D eigenvalue weighted by Crippen LogP contribution is 2.29. The zero-order valence-electron chi connectivity index (χ0n) is 12.5. The highest BCUT2D eigenvalue weighted by atomic mass is 32.2. The van der Waals surface area contributed by atoms with Crippen molar-refractivity contribution in [2.45, 2.75) is 4.90 Å². The molecular formula is C15H11N3O5S2. The number of anilines is 1. The Morgan fingerprint density at radius 1 is 1.16 bits per heavy atom. The summed E-state index contributed by atoms with van der Waals surface area (Å²) in [6.45, 7) is 0. The van der Waals surface area contributed by atoms with Crippen LogP contribution in [0, 0.1) is 10.1 Å². The first-order valence-corrected chi connectivity index (χ1v) is 9.22. The second-order valence-electron chi connectivity index (χ2n) is 5.12. The molecule has 1 amide bonds. The monoisotopic (exact) mass is 377 g/mol. The number of amides is 1. The number of primary sulfonamides is 1. The summed E-state index contributed by atoms with van der Waals surface area (Å²) in [4.78, 5) is 22.9. The predicted molar refractivity (Wildman–Crippen MR) is 94.2 cm³/mol. The maximum Gasteiger partial charge on any atom is 0.270 e. The second-order valence-corrected chi connectivity index (χ2v) is 7.76. The van der Waals surface area contributed by atoms with Crippen LogP contribution in [-0.4, -0.2) is 19.2 Å². The van der Waals surface area contributed by atoms with Crippen molar-refractivity contribution in [1.82, 2.24) is 0 Å². The third kappa shape index (κ3) is 3.65. The van der Waals surface area contributed by atoms with Crippen molar-refractivity contribution in [1.29, 1.82) is 0 Å². The number of carbonyl (C=O) groups is 1. The molecule has 1 heterocycles. The van der Waals surface area contributed by atoms with Gasteiger partial charge in [0.25, 0.3) is 11.6 Å². The number of hydrogen-bond acceptors (Lipinski definition) is 6. The average Bonchev–Trinajstić information content (AvgIpc) is 2.97. The number of non-ortho nitro benzene ring substituents is 1. The fourth-order valence-corrected chi connectivity index (χ4v) is 3.70. The summed E-state index contributed by atoms with van der Waals surface area (Å²) in [5.74, 6) is -0.449. The van der Waals surface area contributed by atoms with E-state index in [-0.39, 0.29) is 16.3 Å². The molecule has 0 bridgehead atoms. The van der Waals surface area contributed by atoms with Crippen molar-refractivity contribution in [3.63, 3.8) is 0 Å². The van der Waals surface area contributed by atoms with E-state index in [2.05, 4.69) is 5.32 Å². The number of hydrogen-bond donors (Lipinski definition) is 2. The van der Waals surface area contributed by atoms with Crippen molar-refractivity contribution in [3.05, 3.63) is 63.5 Å². The smallest absolute Gasteiger partial charge is 0.270 e. The summed E-state index contributed by atoms with van der Waals surface area (Å²) < 4.78 is 23.4. The van der Waals surface area contributed by atoms with Crippen molar-refractivity contribution in [2.24, 2.45) is 5.14 Å². The molecule has 0 saturated carbocycles. The summed E-state index contributed by atoms with van der Waals surface area (Å²) in [5, 5.41) is 19.0. The van der Waals surface area contributed by atoms with E-state index in [1.807, 2.05) is 0 Å². The molecule has 0 atom stereocenters. The maximum absolute atomic E-state index is 12.3. The number of nitrogens with one attached hydrogen (secondary N) is 1. The zero-order valence-corrected chi connectivity index (χ0v) is 14.1. The van der Waals surface area contributed by atoms with Crippen LogP contribution in [0.25, 0.3) is 10.1 Å². The lowest BCUT2D eigenvalue weighted by Gasteiger charge is -2.05. The molecule has 0 fully saturated rings. The number of carbonyl (C=O) groups excluding carboxylic acids is 1. The number of sulfonamides is 1. The van der Waals surface area contributed by atoms with Gasteiger partial charge in [-0.1, -0.05) is 6.07 Å². The molecule has 25 heavy (non-hydrogen) atoms. The summed E-state index contributed by atoms with van der Waals surface area (Å²) in [6.07, 6.45) is 0. The summed E-state index contributed by atoms with van der Waals surface area (Å²) in [7, 11) is -3.87. The van der Waals surface area contributed by atoms with Crippen LogP contribution in [0.1, 0.15) is 9.67 Å². The first kappa shape index (κ1) is 17.0. The van der Waals surface area contributed by atoms with E-state index in [1.54, 1.807) is 12.1 Å². The number of nitro benzene ring substituents is 1. The third-order valence-electron chi connectivity index (χ3n) is 3.35. The molecule has 0 aliphatic carbocycles. The molecule has 0 saturated heterocycles. The van der Waals surface area contributed by atoms with Crippen molar-refractivity contribution < 1.29 is 18.1 Å². The van der Waals surface area contributed by atoms with Gasteiger partial charge in [-0.05, 0) is 30.3 Å². The molecule has 3 aromatic rings. The van der Waals surface area contributed by atoms with Crippen LogP contribution in [-0.2, 0) is 10.0 Å². The molecule has 3 rings (SSSR count). The topological polar surface area (TPSA) is 132 Å². The van der Waals surface area contributed by atoms with Crippen molar-refractivity contribution in [2.75, 3.05) is 5.32 Å². The standard InChI is InChI=1S/C15H11N3O5S2/c16-25(22,23)12-3-1-2-10(8-12)17-15(19)14-7-9-6-11(18(20)21)4-5-13(9)24-14/h1-8H,(H,17,19)(H2,16,22,23). The van der Waals surface area contributed by atoms with E-state index in [4.69, 9.17) is 5.14 Å². The van der Waals surface area contributed by atoms with Gasteiger partial charge in [-0.25, -0.2) is 13.6 Å². The van der Waals surface area contributed by atoms with Gasteiger partial charge in [0, 0.05) is 27.9 Å². The fraction of sp³-hybridized carbons (Fsp3) is 0. The number of thiophene rings is 1. The second kappa shape index (κ2) is 6.24. The van der Waals surface area contributed by atoms with Gasteiger partial charge in [-0.3, -0.25) is 14.9 Å². The molecule has 0 unspecified atom stereocenters. The molecule has 0 aliphatic rings. The number of benzene rings is 2. The lowest BCUT2D eigenvalue weighted by molar-refractivity contribution is -0.384. The molecule has 128 valence electrons. The van der Waals surface area contributed by atoms with Gasteiger partial charge >= 0.3 is 0 Å². The summed E-state index contributed by atoms with van der Waals surface area (Å²) >= 11 is 1.18. The first-order chi connectivity index (χ1) is 11.7. The van der Waals surface area contributed by atoms with Crippen molar-refractivity contribution in [3.8, 4) is 0 Å². The molecular weight excluding hydrogens is 366 g/mol. The van der Waals surface area contributed by atoms with Crippen molar-refractivity contribution >= 4 is 48.7 Å². The SMILES string of the molecule is NS(=O)(=O)c1cccc(NC(=O)c2cc3cc([N+](=O)[O-])ccc3s2)c1. The minimum Gasteiger partial charge on any atom is -0.321 e. The van der Waals surface area contributed by atoms with Gasteiger partial charge < -0.3 is 5.32 Å². The highest BCUT2D eigenvalue weighted by molar-refractivity contribution is 7.89. The predicted octanol–water partition coefficient (Wildman–Crippen LogP) is 2.71. The van der Waals surface area contributed by atoms with Crippen LogP contribution in [0.5, 0.6) is 0 Å². The van der Waals surface area contributed by atoms with E-state index < -0.39 is 20.9 Å². The number of fused-ring (bicyclic) bond motifs is 1. The lowest BCUT2D eigenvalue weighted by atomic mass is 10.2. The number of nitrogens with zero attached hydrogens (tertiary/aromatic N) is 1. The third-order valence-corrected chi connectivity index (χ3v) is 5.38. The number of nitrogens with two attached hydrogens (primary N) is 1. The Labute approximate surface area is 146 Å². The number of rotatable bonds is 4. The van der Waals surface area contributed by atoms with Crippen LogP contribution in [0.4, 0.5) is 11.4 Å². The Hall–Kier alpha value is -2.82. The van der Waals surface area contributed by atoms with Gasteiger partial charge in [0.15, 0.2) is 0 Å². The van der Waals surface area contributed by atoms with Gasteiger partial charge in [0.1, 0.15) is 0 Å². The lowest BCUT2D eigenvalue weighted by Crippen LogP contribution is -2.14. The van der Waals surface area contributed by atoms with E-state index in [0.717, 1.165) is 4.70 Å². The Morgan fingerprint density at radius 3 is 2.60 bits per heavy atom. The normalized spacial score (nSPS) is 11.4. The first-order valence-electron chi connectivity index (χ1n) is 6.86. The Morgan fingerprint density at radius 2 is 1.92 bits per heavy atom. The van der Waals surface area contributed by atoms with Gasteiger partial charge in [-0.2, -0.15) is 0 Å². The van der Waals surface area contributed by atoms with Gasteiger partial charge in [-0.15, -0.1) is 11.3 Å². The van der Waals surface area contributed by atoms with E-state index in [9.17, 15) is 23.3 Å². The zero-order chi connectivity index (χ0) is 18.2. The summed E-state index contributed by atoms with van der Waals surface area (Å²) in [6, 6.07) is 11.5. The van der Waals surface area contributed by atoms with Crippen LogP contribution in [0.3, 0.4) is 0 Å². The molecule has 0 spiro atoms. The molecule has 3 N–H and O–H groups in total. The quantitative estimate of drug-likeness (QED) is 0.533. The van der Waals surface area contributed by atoms with Crippen LogP contribution < -0.4 is 10.5 Å². The van der Waals surface area contributed by atoms with E-state index in [1.165, 1.54) is 47.7 Å². The summed E-state index contributed by atoms with van der Waals surface area (Å²) in [5.41, 5.74) is 0.220. The largest absolute Gasteiger partial charge is 0.321 e. The maximum atomic E-state index is 12.3. The Bertz CT molecular complexity index is 1110. The average molecular weight is 377 g/mol. The minimum absolute atomic E-state index is 0.0573. The Balaban J connectivity index is 1.89. The number of nitro groups is 1. The molecule has 0 radical (unpaired) electrons. The molecule has 2 aromatic carbocycles. The Kier molecular flexibility index (Phi) is 4.25. The van der Waals surface area contributed by atoms with Crippen LogP contribution in [0.15, 0.2) is 53.4 Å². The van der Waals surface area contributed by atoms with Crippen LogP contribution in [0.2, 0.25) is 0 Å². The highest BCUT2D eigenvalue weighted by Gasteiger charge is 2.14. The van der Waals surface area contributed by atoms with E-state index >= 15 is 0 Å². The van der Waals surface area contributed by atoms with Gasteiger partial charge in [0.05, 0.1) is 14.7 Å². The minimum atomic E-state index is -3.87. The molecule has 1 aromatic heterocycles. The van der Waals surface area contributed by atoms with Gasteiger partial charge in [0.2, 0.25) is 10.0 Å². The molecule has 8 nitrogen and oxygen atoms in total. The fourth-order valence-electron chi connectivity index (χ4n) is 2.20. The van der Waals surface area contributed by atoms with Crippen LogP contribution >= 0.6 is 11.3 Å². The van der Waals surface area contributed by atoms with E-state index in [0.29, 0.717) is 10.3 Å².